The Morgan fingerprint density at radius 3 is 2.30 bits per heavy atom. The van der Waals surface area contributed by atoms with Gasteiger partial charge in [-0.1, -0.05) is 42.5 Å². The highest BCUT2D eigenvalue weighted by Crippen LogP contribution is 2.17. The molecule has 1 unspecified atom stereocenters. The Morgan fingerprint density at radius 1 is 1.07 bits per heavy atom. The molecule has 27 heavy (non-hydrogen) atoms. The number of hydrogen-bond acceptors (Lipinski definition) is 4. The van der Waals surface area contributed by atoms with Crippen LogP contribution in [0, 0.1) is 0 Å². The molecule has 0 spiro atoms. The van der Waals surface area contributed by atoms with Crippen LogP contribution >= 0.6 is 0 Å². The molecule has 6 heteroatoms. The van der Waals surface area contributed by atoms with Crippen molar-refractivity contribution in [2.24, 2.45) is 0 Å². The molecule has 0 saturated heterocycles. The average Bonchev–Trinajstić information content (AvgIpc) is 2.69. The fourth-order valence-electron chi connectivity index (χ4n) is 2.85. The van der Waals surface area contributed by atoms with E-state index in [2.05, 4.69) is 5.32 Å². The van der Waals surface area contributed by atoms with Crippen molar-refractivity contribution in [1.82, 2.24) is 10.2 Å². The zero-order valence-electron chi connectivity index (χ0n) is 15.7. The van der Waals surface area contributed by atoms with Gasteiger partial charge in [0, 0.05) is 26.4 Å². The smallest absolute Gasteiger partial charge is 0.243 e. The Morgan fingerprint density at radius 2 is 1.74 bits per heavy atom. The Hall–Kier alpha value is -2.86. The Labute approximate surface area is 159 Å². The van der Waals surface area contributed by atoms with Crippen molar-refractivity contribution in [3.05, 3.63) is 65.7 Å². The molecule has 0 aliphatic carbocycles. The fraction of sp³-hybridized carbons (Fsp3) is 0.333. The number of hydrogen-bond donors (Lipinski definition) is 2. The molecule has 1 atom stereocenters. The van der Waals surface area contributed by atoms with Gasteiger partial charge in [0.05, 0.1) is 13.7 Å². The molecule has 0 saturated carbocycles. The minimum absolute atomic E-state index is 0.150. The summed E-state index contributed by atoms with van der Waals surface area (Å²) in [5.74, 6) is 0.261. The molecule has 0 aliphatic heterocycles. The number of carbonyl (C=O) groups is 2. The molecule has 0 bridgehead atoms. The summed E-state index contributed by atoms with van der Waals surface area (Å²) >= 11 is 0. The molecule has 2 N–H and O–H groups in total. The van der Waals surface area contributed by atoms with Crippen LogP contribution in [0.15, 0.2) is 54.6 Å². The van der Waals surface area contributed by atoms with E-state index in [0.29, 0.717) is 13.0 Å². The molecule has 144 valence electrons. The second-order valence-electron chi connectivity index (χ2n) is 6.22. The van der Waals surface area contributed by atoms with E-state index in [-0.39, 0.29) is 25.0 Å². The fourth-order valence-corrected chi connectivity index (χ4v) is 2.85. The van der Waals surface area contributed by atoms with E-state index in [4.69, 9.17) is 9.84 Å². The van der Waals surface area contributed by atoms with E-state index >= 15 is 0 Å². The van der Waals surface area contributed by atoms with E-state index in [1.165, 1.54) is 6.92 Å². The third kappa shape index (κ3) is 6.11. The first-order valence-electron chi connectivity index (χ1n) is 8.87. The SMILES string of the molecule is COc1ccc(CN(C(C)=O)C(Cc2ccccc2)C(=O)NCCO)cc1. The van der Waals surface area contributed by atoms with Gasteiger partial charge in [-0.2, -0.15) is 0 Å². The van der Waals surface area contributed by atoms with Crippen molar-refractivity contribution in [3.8, 4) is 5.75 Å². The first-order chi connectivity index (χ1) is 13.0. The Balaban J connectivity index is 2.25. The average molecular weight is 370 g/mol. The molecule has 2 rings (SSSR count). The molecule has 0 radical (unpaired) electrons. The van der Waals surface area contributed by atoms with Crippen molar-refractivity contribution in [2.45, 2.75) is 25.9 Å². The van der Waals surface area contributed by atoms with Crippen LogP contribution in [0.4, 0.5) is 0 Å². The highest BCUT2D eigenvalue weighted by atomic mass is 16.5. The van der Waals surface area contributed by atoms with Gasteiger partial charge in [-0.25, -0.2) is 0 Å². The number of aliphatic hydroxyl groups is 1. The van der Waals surface area contributed by atoms with Crippen LogP contribution in [0.1, 0.15) is 18.1 Å². The van der Waals surface area contributed by atoms with Crippen molar-refractivity contribution in [2.75, 3.05) is 20.3 Å². The minimum Gasteiger partial charge on any atom is -0.497 e. The standard InChI is InChI=1S/C21H26N2O4/c1-16(25)23(15-18-8-10-19(27-2)11-9-18)20(21(26)22-12-13-24)14-17-6-4-3-5-7-17/h3-11,20,24H,12-15H2,1-2H3,(H,22,26). The molecule has 0 aromatic heterocycles. The summed E-state index contributed by atoms with van der Waals surface area (Å²) in [5, 5.41) is 11.7. The van der Waals surface area contributed by atoms with Crippen LogP contribution in [-0.2, 0) is 22.6 Å². The van der Waals surface area contributed by atoms with Crippen LogP contribution in [0.3, 0.4) is 0 Å². The lowest BCUT2D eigenvalue weighted by atomic mass is 10.0. The monoisotopic (exact) mass is 370 g/mol. The van der Waals surface area contributed by atoms with Gasteiger partial charge in [-0.3, -0.25) is 9.59 Å². The molecule has 0 heterocycles. The highest BCUT2D eigenvalue weighted by molar-refractivity contribution is 5.87. The zero-order valence-corrected chi connectivity index (χ0v) is 15.7. The number of ether oxygens (including phenoxy) is 1. The molecule has 2 aromatic carbocycles. The normalized spacial score (nSPS) is 11.5. The number of nitrogens with zero attached hydrogens (tertiary/aromatic N) is 1. The quantitative estimate of drug-likeness (QED) is 0.705. The second kappa shape index (κ2) is 10.3. The predicted molar refractivity (Wildman–Crippen MR) is 103 cm³/mol. The number of benzene rings is 2. The van der Waals surface area contributed by atoms with Crippen LogP contribution in [0.25, 0.3) is 0 Å². The van der Waals surface area contributed by atoms with E-state index in [1.54, 1.807) is 12.0 Å². The number of rotatable bonds is 9. The Bertz CT molecular complexity index is 732. The van der Waals surface area contributed by atoms with Crippen LogP contribution < -0.4 is 10.1 Å². The van der Waals surface area contributed by atoms with Gasteiger partial charge < -0.3 is 20.1 Å². The van der Waals surface area contributed by atoms with Gasteiger partial charge in [0.1, 0.15) is 11.8 Å². The summed E-state index contributed by atoms with van der Waals surface area (Å²) in [6.45, 7) is 1.77. The molecular weight excluding hydrogens is 344 g/mol. The van der Waals surface area contributed by atoms with Crippen LogP contribution in [-0.4, -0.2) is 48.1 Å². The van der Waals surface area contributed by atoms with Crippen LogP contribution in [0.5, 0.6) is 5.75 Å². The summed E-state index contributed by atoms with van der Waals surface area (Å²) in [5.41, 5.74) is 1.86. The van der Waals surface area contributed by atoms with Crippen molar-refractivity contribution >= 4 is 11.8 Å². The zero-order chi connectivity index (χ0) is 19.6. The Kier molecular flexibility index (Phi) is 7.82. The number of nitrogens with one attached hydrogen (secondary N) is 1. The maximum absolute atomic E-state index is 12.7. The second-order valence-corrected chi connectivity index (χ2v) is 6.22. The summed E-state index contributed by atoms with van der Waals surface area (Å²) in [7, 11) is 1.60. The molecule has 2 amide bonds. The molecule has 2 aromatic rings. The summed E-state index contributed by atoms with van der Waals surface area (Å²) in [4.78, 5) is 26.6. The third-order valence-electron chi connectivity index (χ3n) is 4.28. The lowest BCUT2D eigenvalue weighted by Gasteiger charge is -2.30. The minimum atomic E-state index is -0.668. The number of methoxy groups -OCH3 is 1. The number of amides is 2. The van der Waals surface area contributed by atoms with Gasteiger partial charge >= 0.3 is 0 Å². The van der Waals surface area contributed by atoms with Gasteiger partial charge in [0.15, 0.2) is 0 Å². The van der Waals surface area contributed by atoms with E-state index in [1.807, 2.05) is 54.6 Å². The van der Waals surface area contributed by atoms with Gasteiger partial charge in [-0.05, 0) is 23.3 Å². The largest absolute Gasteiger partial charge is 0.497 e. The molecule has 0 fully saturated rings. The van der Waals surface area contributed by atoms with E-state index < -0.39 is 6.04 Å². The van der Waals surface area contributed by atoms with Gasteiger partial charge in [0.2, 0.25) is 11.8 Å². The first-order valence-corrected chi connectivity index (χ1v) is 8.87. The maximum atomic E-state index is 12.7. The van der Waals surface area contributed by atoms with E-state index in [0.717, 1.165) is 16.9 Å². The maximum Gasteiger partial charge on any atom is 0.243 e. The van der Waals surface area contributed by atoms with E-state index in [9.17, 15) is 9.59 Å². The van der Waals surface area contributed by atoms with Crippen LogP contribution in [0.2, 0.25) is 0 Å². The summed E-state index contributed by atoms with van der Waals surface area (Å²) in [6, 6.07) is 16.3. The van der Waals surface area contributed by atoms with Crippen molar-refractivity contribution in [1.29, 1.82) is 0 Å². The lowest BCUT2D eigenvalue weighted by molar-refractivity contribution is -0.139. The third-order valence-corrected chi connectivity index (χ3v) is 4.28. The molecule has 0 aliphatic rings. The van der Waals surface area contributed by atoms with Crippen molar-refractivity contribution < 1.29 is 19.4 Å². The molecule has 6 nitrogen and oxygen atoms in total. The first kappa shape index (κ1) is 20.5. The number of aliphatic hydroxyl groups excluding tert-OH is 1. The van der Waals surface area contributed by atoms with Gasteiger partial charge in [-0.15, -0.1) is 0 Å². The molecular formula is C21H26N2O4. The lowest BCUT2D eigenvalue weighted by Crippen LogP contribution is -2.50. The number of carbonyl (C=O) groups excluding carboxylic acids is 2. The highest BCUT2D eigenvalue weighted by Gasteiger charge is 2.28. The summed E-state index contributed by atoms with van der Waals surface area (Å²) < 4.78 is 5.16. The summed E-state index contributed by atoms with van der Waals surface area (Å²) in [6.07, 6.45) is 0.397. The topological polar surface area (TPSA) is 78.9 Å². The van der Waals surface area contributed by atoms with Crippen molar-refractivity contribution in [3.63, 3.8) is 0 Å². The van der Waals surface area contributed by atoms with Gasteiger partial charge in [0.25, 0.3) is 0 Å². The predicted octanol–water partition coefficient (Wildman–Crippen LogP) is 1.76.